The van der Waals surface area contributed by atoms with E-state index in [9.17, 15) is 9.59 Å². The van der Waals surface area contributed by atoms with Crippen molar-refractivity contribution in [1.29, 1.82) is 0 Å². The molecule has 4 rings (SSSR count). The van der Waals surface area contributed by atoms with E-state index in [4.69, 9.17) is 0 Å². The number of halogens is 1. The Labute approximate surface area is 184 Å². The number of hydrogen-bond donors (Lipinski definition) is 1. The smallest absolute Gasteiger partial charge is 0.275 e. The summed E-state index contributed by atoms with van der Waals surface area (Å²) < 4.78 is 2.27. The predicted molar refractivity (Wildman–Crippen MR) is 124 cm³/mol. The first kappa shape index (κ1) is 20.6. The second-order valence-corrected chi connectivity index (χ2v) is 8.89. The number of hydrogen-bond acceptors (Lipinski definition) is 4. The molecule has 1 saturated heterocycles. The second-order valence-electron chi connectivity index (χ2n) is 8.04. The number of anilines is 2. The van der Waals surface area contributed by atoms with Gasteiger partial charge in [-0.05, 0) is 55.5 Å². The van der Waals surface area contributed by atoms with Crippen LogP contribution in [0.2, 0.25) is 0 Å². The van der Waals surface area contributed by atoms with Gasteiger partial charge in [-0.25, -0.2) is 4.68 Å². The zero-order valence-electron chi connectivity index (χ0n) is 17.2. The summed E-state index contributed by atoms with van der Waals surface area (Å²) in [6, 6.07) is 13.1. The molecule has 1 aromatic heterocycles. The number of carbonyl (C=O) groups excluding carboxylic acids is 1. The number of carbonyl (C=O) groups is 1. The molecular weight excluding hydrogens is 444 g/mol. The van der Waals surface area contributed by atoms with Gasteiger partial charge in [0.05, 0.1) is 5.39 Å². The summed E-state index contributed by atoms with van der Waals surface area (Å²) in [4.78, 5) is 27.9. The molecule has 0 radical (unpaired) electrons. The van der Waals surface area contributed by atoms with Crippen LogP contribution in [0.4, 0.5) is 11.5 Å². The maximum absolute atomic E-state index is 13.0. The van der Waals surface area contributed by atoms with Gasteiger partial charge in [0.15, 0.2) is 5.82 Å². The molecule has 6 nitrogen and oxygen atoms in total. The van der Waals surface area contributed by atoms with Gasteiger partial charge in [-0.3, -0.25) is 9.59 Å². The fourth-order valence-electron chi connectivity index (χ4n) is 4.00. The number of rotatable bonds is 4. The zero-order valence-corrected chi connectivity index (χ0v) is 18.8. The average molecular weight is 469 g/mol. The maximum Gasteiger partial charge on any atom is 0.275 e. The first-order chi connectivity index (χ1) is 14.4. The van der Waals surface area contributed by atoms with Crippen LogP contribution in [0.1, 0.15) is 25.3 Å². The first-order valence-electron chi connectivity index (χ1n) is 10.2. The van der Waals surface area contributed by atoms with E-state index >= 15 is 0 Å². The summed E-state index contributed by atoms with van der Waals surface area (Å²) in [6.45, 7) is 5.87. The Kier molecular flexibility index (Phi) is 5.90. The number of aryl methyl sites for hydroxylation is 1. The third kappa shape index (κ3) is 4.26. The zero-order chi connectivity index (χ0) is 21.3. The lowest BCUT2D eigenvalue weighted by Gasteiger charge is -2.32. The van der Waals surface area contributed by atoms with Gasteiger partial charge < -0.3 is 10.2 Å². The summed E-state index contributed by atoms with van der Waals surface area (Å²) in [5, 5.41) is 8.94. The molecule has 0 aliphatic carbocycles. The molecule has 2 aromatic carbocycles. The minimum atomic E-state index is -0.278. The number of aromatic nitrogens is 2. The summed E-state index contributed by atoms with van der Waals surface area (Å²) in [7, 11) is 0. The molecule has 1 atom stereocenters. The quantitative estimate of drug-likeness (QED) is 0.618. The van der Waals surface area contributed by atoms with Crippen molar-refractivity contribution in [2.24, 2.45) is 5.92 Å². The van der Waals surface area contributed by atoms with Crippen LogP contribution in [-0.2, 0) is 11.3 Å². The molecular formula is C23H25BrN4O2. The highest BCUT2D eigenvalue weighted by atomic mass is 79.9. The van der Waals surface area contributed by atoms with E-state index in [1.165, 1.54) is 11.1 Å². The molecule has 0 saturated carbocycles. The van der Waals surface area contributed by atoms with Crippen LogP contribution >= 0.6 is 15.9 Å². The Bertz CT molecular complexity index is 1160. The van der Waals surface area contributed by atoms with Gasteiger partial charge in [-0.2, -0.15) is 5.10 Å². The van der Waals surface area contributed by atoms with Crippen molar-refractivity contribution in [3.63, 3.8) is 0 Å². The molecule has 1 fully saturated rings. The Morgan fingerprint density at radius 2 is 2.00 bits per heavy atom. The van der Waals surface area contributed by atoms with E-state index in [-0.39, 0.29) is 18.0 Å². The number of nitrogens with zero attached hydrogens (tertiary/aromatic N) is 3. The fraction of sp³-hybridized carbons (Fsp3) is 0.348. The third-order valence-electron chi connectivity index (χ3n) is 5.54. The Hall–Kier alpha value is -2.67. The van der Waals surface area contributed by atoms with E-state index in [1.54, 1.807) is 0 Å². The molecule has 1 N–H and O–H groups in total. The fourth-order valence-corrected chi connectivity index (χ4v) is 4.25. The Morgan fingerprint density at radius 1 is 1.23 bits per heavy atom. The van der Waals surface area contributed by atoms with Gasteiger partial charge in [-0.15, -0.1) is 0 Å². The highest BCUT2D eigenvalue weighted by Crippen LogP contribution is 2.27. The van der Waals surface area contributed by atoms with Gasteiger partial charge in [-0.1, -0.05) is 41.1 Å². The number of benzene rings is 2. The minimum absolute atomic E-state index is 0.130. The number of piperidine rings is 1. The van der Waals surface area contributed by atoms with Crippen molar-refractivity contribution in [1.82, 2.24) is 9.78 Å². The second kappa shape index (κ2) is 8.60. The normalized spacial score (nSPS) is 16.6. The molecule has 1 aliphatic heterocycles. The van der Waals surface area contributed by atoms with Crippen LogP contribution in [0.25, 0.3) is 10.8 Å². The standard InChI is InChI=1S/C23H25BrN4O2/c1-15-6-5-11-27(13-15)22-18-7-3-4-8-19(18)23(30)28(26-22)14-21(29)25-17-9-10-20(24)16(2)12-17/h3-4,7-10,12,15H,5-6,11,13-14H2,1-2H3,(H,25,29)/t15-/m0/s1. The van der Waals surface area contributed by atoms with Crippen molar-refractivity contribution < 1.29 is 4.79 Å². The van der Waals surface area contributed by atoms with E-state index < -0.39 is 0 Å². The Morgan fingerprint density at radius 3 is 2.73 bits per heavy atom. The number of fused-ring (bicyclic) bond motifs is 1. The van der Waals surface area contributed by atoms with Crippen molar-refractivity contribution in [3.8, 4) is 0 Å². The lowest BCUT2D eigenvalue weighted by molar-refractivity contribution is -0.117. The number of nitrogens with one attached hydrogen (secondary N) is 1. The van der Waals surface area contributed by atoms with E-state index in [1.807, 2.05) is 49.4 Å². The lowest BCUT2D eigenvalue weighted by Crippen LogP contribution is -2.38. The minimum Gasteiger partial charge on any atom is -0.354 e. The number of amides is 1. The van der Waals surface area contributed by atoms with Crippen molar-refractivity contribution >= 4 is 44.1 Å². The van der Waals surface area contributed by atoms with Crippen molar-refractivity contribution in [2.45, 2.75) is 33.2 Å². The summed E-state index contributed by atoms with van der Waals surface area (Å²) in [5.41, 5.74) is 1.47. The Balaban J connectivity index is 1.66. The van der Waals surface area contributed by atoms with Gasteiger partial charge in [0.2, 0.25) is 5.91 Å². The average Bonchev–Trinajstić information content (AvgIpc) is 2.73. The highest BCUT2D eigenvalue weighted by Gasteiger charge is 2.22. The largest absolute Gasteiger partial charge is 0.354 e. The van der Waals surface area contributed by atoms with E-state index in [2.05, 4.69) is 38.2 Å². The summed E-state index contributed by atoms with van der Waals surface area (Å²) in [5.74, 6) is 1.08. The molecule has 1 aliphatic rings. The van der Waals surface area contributed by atoms with Crippen molar-refractivity contribution in [3.05, 3.63) is 62.9 Å². The SMILES string of the molecule is Cc1cc(NC(=O)Cn2nc(N3CCC[C@H](C)C3)c3ccccc3c2=O)ccc1Br. The monoisotopic (exact) mass is 468 g/mol. The van der Waals surface area contributed by atoms with Crippen LogP contribution in [0, 0.1) is 12.8 Å². The van der Waals surface area contributed by atoms with Gasteiger partial charge >= 0.3 is 0 Å². The van der Waals surface area contributed by atoms with Gasteiger partial charge in [0, 0.05) is 28.6 Å². The topological polar surface area (TPSA) is 67.2 Å². The predicted octanol–water partition coefficient (Wildman–Crippen LogP) is 4.34. The van der Waals surface area contributed by atoms with Crippen LogP contribution < -0.4 is 15.8 Å². The van der Waals surface area contributed by atoms with E-state index in [0.717, 1.165) is 40.8 Å². The van der Waals surface area contributed by atoms with Crippen LogP contribution in [-0.4, -0.2) is 28.8 Å². The summed E-state index contributed by atoms with van der Waals surface area (Å²) >= 11 is 3.46. The van der Waals surface area contributed by atoms with Gasteiger partial charge in [0.25, 0.3) is 5.56 Å². The van der Waals surface area contributed by atoms with E-state index in [0.29, 0.717) is 17.0 Å². The maximum atomic E-state index is 13.0. The molecule has 1 amide bonds. The molecule has 3 aromatic rings. The van der Waals surface area contributed by atoms with Crippen LogP contribution in [0.3, 0.4) is 0 Å². The third-order valence-corrected chi connectivity index (χ3v) is 6.43. The molecule has 7 heteroatoms. The molecule has 0 unspecified atom stereocenters. The molecule has 30 heavy (non-hydrogen) atoms. The molecule has 0 spiro atoms. The first-order valence-corrected chi connectivity index (χ1v) is 11.0. The van der Waals surface area contributed by atoms with Crippen LogP contribution in [0.5, 0.6) is 0 Å². The van der Waals surface area contributed by atoms with Gasteiger partial charge in [0.1, 0.15) is 6.54 Å². The molecule has 156 valence electrons. The van der Waals surface area contributed by atoms with Crippen molar-refractivity contribution in [2.75, 3.05) is 23.3 Å². The molecule has 0 bridgehead atoms. The molecule has 2 heterocycles. The highest BCUT2D eigenvalue weighted by molar-refractivity contribution is 9.10. The lowest BCUT2D eigenvalue weighted by atomic mass is 10.00. The van der Waals surface area contributed by atoms with Crippen LogP contribution in [0.15, 0.2) is 51.7 Å². The summed E-state index contributed by atoms with van der Waals surface area (Å²) in [6.07, 6.45) is 2.29.